The molecule has 2 aromatic rings. The summed E-state index contributed by atoms with van der Waals surface area (Å²) >= 11 is 1.24. The van der Waals surface area contributed by atoms with Crippen LogP contribution >= 0.6 is 11.8 Å². The summed E-state index contributed by atoms with van der Waals surface area (Å²) in [5.74, 6) is 0.478. The van der Waals surface area contributed by atoms with E-state index in [1.54, 1.807) is 14.2 Å². The summed E-state index contributed by atoms with van der Waals surface area (Å²) in [6, 6.07) is 2.19. The molecule has 0 saturated heterocycles. The van der Waals surface area contributed by atoms with Gasteiger partial charge in [-0.1, -0.05) is 11.8 Å². The highest BCUT2D eigenvalue weighted by Crippen LogP contribution is 2.27. The number of nitrogens with zero attached hydrogens (tertiary/aromatic N) is 6. The van der Waals surface area contributed by atoms with Gasteiger partial charge in [0.25, 0.3) is 0 Å². The predicted octanol–water partition coefficient (Wildman–Crippen LogP) is 1.27. The third-order valence-corrected chi connectivity index (χ3v) is 4.85. The highest BCUT2D eigenvalue weighted by atomic mass is 32.2. The van der Waals surface area contributed by atoms with Crippen LogP contribution in [-0.4, -0.2) is 50.2 Å². The van der Waals surface area contributed by atoms with E-state index >= 15 is 0 Å². The van der Waals surface area contributed by atoms with Crippen molar-refractivity contribution >= 4 is 23.5 Å². The molecular formula is C15H21N7O2S. The molecule has 9 nitrogen and oxygen atoms in total. The molecule has 2 aromatic heterocycles. The number of hydrogen-bond acceptors (Lipinski definition) is 7. The largest absolute Gasteiger partial charge is 0.385 e. The smallest absolute Gasteiger partial charge is 0.235 e. The minimum Gasteiger partial charge on any atom is -0.385 e. The van der Waals surface area contributed by atoms with Crippen molar-refractivity contribution in [3.63, 3.8) is 0 Å². The summed E-state index contributed by atoms with van der Waals surface area (Å²) < 4.78 is 8.55. The molecule has 0 radical (unpaired) electrons. The number of thioether (sulfide) groups is 1. The summed E-state index contributed by atoms with van der Waals surface area (Å²) in [6.45, 7) is 5.11. The van der Waals surface area contributed by atoms with Crippen molar-refractivity contribution in [2.75, 3.05) is 24.8 Å². The minimum absolute atomic E-state index is 0.153. The maximum absolute atomic E-state index is 12.3. The van der Waals surface area contributed by atoms with Gasteiger partial charge in [0, 0.05) is 33.0 Å². The average Bonchev–Trinajstić information content (AvgIpc) is 3.09. The summed E-state index contributed by atoms with van der Waals surface area (Å²) in [4.78, 5) is 12.3. The van der Waals surface area contributed by atoms with E-state index in [2.05, 4.69) is 26.9 Å². The Morgan fingerprint density at radius 1 is 1.44 bits per heavy atom. The molecule has 0 saturated carbocycles. The van der Waals surface area contributed by atoms with Crippen LogP contribution in [0.5, 0.6) is 0 Å². The van der Waals surface area contributed by atoms with Gasteiger partial charge in [-0.25, -0.2) is 4.68 Å². The lowest BCUT2D eigenvalue weighted by molar-refractivity contribution is -0.113. The van der Waals surface area contributed by atoms with Gasteiger partial charge in [-0.3, -0.25) is 4.79 Å². The number of carbonyl (C=O) groups is 1. The van der Waals surface area contributed by atoms with Crippen LogP contribution < -0.4 is 5.32 Å². The summed E-state index contributed by atoms with van der Waals surface area (Å²) in [6.07, 6.45) is 0.790. The Balaban J connectivity index is 2.13. The monoisotopic (exact) mass is 363 g/mol. The van der Waals surface area contributed by atoms with Crippen molar-refractivity contribution < 1.29 is 9.53 Å². The maximum atomic E-state index is 12.3. The lowest BCUT2D eigenvalue weighted by Gasteiger charge is -2.12. The van der Waals surface area contributed by atoms with E-state index in [0.29, 0.717) is 29.7 Å². The van der Waals surface area contributed by atoms with E-state index in [1.807, 2.05) is 18.4 Å². The van der Waals surface area contributed by atoms with Crippen LogP contribution in [0.25, 0.3) is 0 Å². The van der Waals surface area contributed by atoms with Crippen LogP contribution in [0.1, 0.15) is 23.2 Å². The molecule has 0 atom stereocenters. The second-order valence-corrected chi connectivity index (χ2v) is 6.41. The standard InChI is InChI=1S/C15H21N7O2S/c1-10-11(2)22(6-5-7-24-4)14(12(10)8-16)17-13(23)9-25-15-18-19-20-21(15)3/h5-7,9H2,1-4H3,(H,17,23). The van der Waals surface area contributed by atoms with Crippen molar-refractivity contribution in [2.24, 2.45) is 7.05 Å². The van der Waals surface area contributed by atoms with Crippen LogP contribution in [0.4, 0.5) is 5.82 Å². The molecule has 0 aliphatic rings. The fourth-order valence-corrected chi connectivity index (χ4v) is 3.07. The number of aromatic nitrogens is 5. The number of rotatable bonds is 8. The third-order valence-electron chi connectivity index (χ3n) is 3.84. The zero-order valence-electron chi connectivity index (χ0n) is 14.7. The zero-order chi connectivity index (χ0) is 18.4. The number of amides is 1. The number of carbonyl (C=O) groups excluding carboxylic acids is 1. The summed E-state index contributed by atoms with van der Waals surface area (Å²) in [5, 5.41) is 24.0. The summed E-state index contributed by atoms with van der Waals surface area (Å²) in [5.41, 5.74) is 2.34. The molecule has 0 unspecified atom stereocenters. The summed E-state index contributed by atoms with van der Waals surface area (Å²) in [7, 11) is 3.36. The molecule has 0 fully saturated rings. The maximum Gasteiger partial charge on any atom is 0.235 e. The van der Waals surface area contributed by atoms with Crippen molar-refractivity contribution in [1.29, 1.82) is 5.26 Å². The highest BCUT2D eigenvalue weighted by molar-refractivity contribution is 7.99. The molecule has 2 heterocycles. The topological polar surface area (TPSA) is 111 Å². The first-order valence-electron chi connectivity index (χ1n) is 7.73. The normalized spacial score (nSPS) is 10.7. The first kappa shape index (κ1) is 19.0. The Hall–Kier alpha value is -2.38. The lowest BCUT2D eigenvalue weighted by atomic mass is 10.2. The molecule has 134 valence electrons. The van der Waals surface area contributed by atoms with Crippen molar-refractivity contribution in [2.45, 2.75) is 32.0 Å². The molecule has 10 heteroatoms. The van der Waals surface area contributed by atoms with Gasteiger partial charge in [0.2, 0.25) is 11.1 Å². The van der Waals surface area contributed by atoms with Gasteiger partial charge in [0.1, 0.15) is 11.9 Å². The third kappa shape index (κ3) is 4.37. The number of aryl methyl sites for hydroxylation is 1. The van der Waals surface area contributed by atoms with Crippen molar-refractivity contribution in [1.82, 2.24) is 24.8 Å². The highest BCUT2D eigenvalue weighted by Gasteiger charge is 2.19. The van der Waals surface area contributed by atoms with Crippen LogP contribution in [0, 0.1) is 25.2 Å². The number of tetrazole rings is 1. The van der Waals surface area contributed by atoms with Crippen LogP contribution in [-0.2, 0) is 23.1 Å². The fourth-order valence-electron chi connectivity index (χ4n) is 2.42. The van der Waals surface area contributed by atoms with E-state index in [9.17, 15) is 10.1 Å². The fraction of sp³-hybridized carbons (Fsp3) is 0.533. The minimum atomic E-state index is -0.213. The molecule has 0 aliphatic heterocycles. The second-order valence-electron chi connectivity index (χ2n) is 5.47. The van der Waals surface area contributed by atoms with E-state index in [0.717, 1.165) is 17.7 Å². The van der Waals surface area contributed by atoms with Gasteiger partial charge in [-0.05, 0) is 36.3 Å². The number of methoxy groups -OCH3 is 1. The van der Waals surface area contributed by atoms with Gasteiger partial charge in [-0.15, -0.1) is 5.10 Å². The van der Waals surface area contributed by atoms with E-state index in [4.69, 9.17) is 4.74 Å². The number of anilines is 1. The van der Waals surface area contributed by atoms with Crippen molar-refractivity contribution in [3.8, 4) is 6.07 Å². The van der Waals surface area contributed by atoms with E-state index < -0.39 is 0 Å². The Kier molecular flexibility index (Phi) is 6.55. The lowest BCUT2D eigenvalue weighted by Crippen LogP contribution is -2.19. The Morgan fingerprint density at radius 2 is 2.20 bits per heavy atom. The Labute approximate surface area is 150 Å². The first-order chi connectivity index (χ1) is 12.0. The second kappa shape index (κ2) is 8.64. The van der Waals surface area contributed by atoms with Gasteiger partial charge >= 0.3 is 0 Å². The van der Waals surface area contributed by atoms with Gasteiger partial charge in [-0.2, -0.15) is 5.26 Å². The predicted molar refractivity (Wildman–Crippen MR) is 93.3 cm³/mol. The van der Waals surface area contributed by atoms with Crippen LogP contribution in [0.15, 0.2) is 5.16 Å². The Bertz CT molecular complexity index is 791. The molecule has 25 heavy (non-hydrogen) atoms. The molecule has 2 rings (SSSR count). The van der Waals surface area contributed by atoms with Crippen LogP contribution in [0.3, 0.4) is 0 Å². The molecule has 1 amide bonds. The van der Waals surface area contributed by atoms with Gasteiger partial charge in [0.15, 0.2) is 0 Å². The van der Waals surface area contributed by atoms with Gasteiger partial charge < -0.3 is 14.6 Å². The quantitative estimate of drug-likeness (QED) is 0.555. The Morgan fingerprint density at radius 3 is 2.80 bits per heavy atom. The molecule has 0 aliphatic carbocycles. The average molecular weight is 363 g/mol. The molecular weight excluding hydrogens is 342 g/mol. The number of ether oxygens (including phenoxy) is 1. The molecule has 0 bridgehead atoms. The first-order valence-corrected chi connectivity index (χ1v) is 8.71. The number of nitriles is 1. The molecule has 0 aromatic carbocycles. The van der Waals surface area contributed by atoms with Gasteiger partial charge in [0.05, 0.1) is 11.3 Å². The van der Waals surface area contributed by atoms with E-state index in [-0.39, 0.29) is 11.7 Å². The molecule has 0 spiro atoms. The van der Waals surface area contributed by atoms with E-state index in [1.165, 1.54) is 16.4 Å². The van der Waals surface area contributed by atoms with Crippen LogP contribution in [0.2, 0.25) is 0 Å². The number of hydrogen-bond donors (Lipinski definition) is 1. The number of nitrogens with one attached hydrogen (secondary N) is 1. The SMILES string of the molecule is COCCCn1c(C)c(C)c(C#N)c1NC(=O)CSc1nnnn1C. The molecule has 1 N–H and O–H groups in total. The zero-order valence-corrected chi connectivity index (χ0v) is 15.6. The van der Waals surface area contributed by atoms with Crippen molar-refractivity contribution in [3.05, 3.63) is 16.8 Å².